The van der Waals surface area contributed by atoms with E-state index in [1.807, 2.05) is 48.5 Å². The van der Waals surface area contributed by atoms with Gasteiger partial charge in [-0.05, 0) is 35.7 Å². The van der Waals surface area contributed by atoms with Gasteiger partial charge in [-0.25, -0.2) is 0 Å². The molecule has 2 aromatic rings. The third-order valence-electron chi connectivity index (χ3n) is 3.54. The van der Waals surface area contributed by atoms with Crippen LogP contribution in [0, 0.1) is 11.3 Å². The molecule has 1 N–H and O–H groups in total. The van der Waals surface area contributed by atoms with Gasteiger partial charge >= 0.3 is 0 Å². The van der Waals surface area contributed by atoms with Crippen LogP contribution in [0.5, 0.6) is 11.5 Å². The van der Waals surface area contributed by atoms with E-state index in [0.29, 0.717) is 36.1 Å². The van der Waals surface area contributed by atoms with Crippen LogP contribution in [0.4, 0.5) is 0 Å². The lowest BCUT2D eigenvalue weighted by Crippen LogP contribution is -2.25. The van der Waals surface area contributed by atoms with E-state index in [1.54, 1.807) is 7.11 Å². The summed E-state index contributed by atoms with van der Waals surface area (Å²) >= 11 is 5.89. The minimum atomic E-state index is -0.278. The number of ether oxygens (including phenoxy) is 2. The molecule has 0 radical (unpaired) electrons. The molecule has 0 unspecified atom stereocenters. The molecule has 0 atom stereocenters. The Kier molecular flexibility index (Phi) is 7.12. The number of rotatable bonds is 8. The quantitative estimate of drug-likeness (QED) is 0.784. The van der Waals surface area contributed by atoms with Crippen molar-refractivity contribution < 1.29 is 14.3 Å². The largest absolute Gasteiger partial charge is 0.497 e. The predicted octanol–water partition coefficient (Wildman–Crippen LogP) is 3.50. The first-order chi connectivity index (χ1) is 12.1. The number of carbonyl (C=O) groups is 1. The van der Waals surface area contributed by atoms with Crippen LogP contribution < -0.4 is 14.8 Å². The molecule has 0 bridgehead atoms. The zero-order chi connectivity index (χ0) is 18.1. The van der Waals surface area contributed by atoms with E-state index in [9.17, 15) is 4.79 Å². The maximum Gasteiger partial charge on any atom is 0.234 e. The van der Waals surface area contributed by atoms with Crippen LogP contribution in [-0.4, -0.2) is 19.6 Å². The molecule has 1 amide bonds. The second-order valence-corrected chi connectivity index (χ2v) is 5.76. The Morgan fingerprint density at radius 2 is 2.00 bits per heavy atom. The summed E-state index contributed by atoms with van der Waals surface area (Å²) in [6.45, 7) is 0.836. The van der Waals surface area contributed by atoms with E-state index in [1.165, 1.54) is 0 Å². The smallest absolute Gasteiger partial charge is 0.234 e. The van der Waals surface area contributed by atoms with Gasteiger partial charge in [0, 0.05) is 17.6 Å². The third-order valence-corrected chi connectivity index (χ3v) is 3.79. The van der Waals surface area contributed by atoms with Crippen LogP contribution in [0.2, 0.25) is 5.02 Å². The van der Waals surface area contributed by atoms with Gasteiger partial charge in [0.1, 0.15) is 24.5 Å². The number of hydrogen-bond acceptors (Lipinski definition) is 4. The molecule has 6 heteroatoms. The summed E-state index contributed by atoms with van der Waals surface area (Å²) < 4.78 is 11.2. The van der Waals surface area contributed by atoms with E-state index in [-0.39, 0.29) is 12.3 Å². The number of hydrogen-bond donors (Lipinski definition) is 1. The molecule has 0 heterocycles. The third kappa shape index (κ3) is 6.02. The molecule has 5 nitrogen and oxygen atoms in total. The lowest BCUT2D eigenvalue weighted by molar-refractivity contribution is -0.120. The lowest BCUT2D eigenvalue weighted by atomic mass is 10.1. The summed E-state index contributed by atoms with van der Waals surface area (Å²) in [6.07, 6.45) is 0.458. The highest BCUT2D eigenvalue weighted by Crippen LogP contribution is 2.26. The molecule has 0 spiro atoms. The fourth-order valence-corrected chi connectivity index (χ4v) is 2.34. The molecule has 0 saturated heterocycles. The maximum atomic E-state index is 11.4. The minimum absolute atomic E-state index is 0.136. The Bertz CT molecular complexity index is 754. The summed E-state index contributed by atoms with van der Waals surface area (Å²) in [5.41, 5.74) is 1.95. The molecular formula is C19H19ClN2O3. The van der Waals surface area contributed by atoms with Crippen molar-refractivity contribution in [2.24, 2.45) is 0 Å². The van der Waals surface area contributed by atoms with Crippen LogP contribution >= 0.6 is 11.6 Å². The van der Waals surface area contributed by atoms with E-state index >= 15 is 0 Å². The number of nitrogens with one attached hydrogen (secondary N) is 1. The summed E-state index contributed by atoms with van der Waals surface area (Å²) in [5, 5.41) is 11.9. The minimum Gasteiger partial charge on any atom is -0.497 e. The van der Waals surface area contributed by atoms with Crippen molar-refractivity contribution in [2.75, 3.05) is 13.7 Å². The van der Waals surface area contributed by atoms with Crippen LogP contribution in [0.15, 0.2) is 42.5 Å². The number of nitrogens with zero attached hydrogens (tertiary/aromatic N) is 1. The monoisotopic (exact) mass is 358 g/mol. The van der Waals surface area contributed by atoms with Crippen LogP contribution in [0.25, 0.3) is 0 Å². The fourth-order valence-electron chi connectivity index (χ4n) is 2.22. The highest BCUT2D eigenvalue weighted by molar-refractivity contribution is 6.30. The van der Waals surface area contributed by atoms with Crippen molar-refractivity contribution in [1.29, 1.82) is 5.26 Å². The van der Waals surface area contributed by atoms with Gasteiger partial charge in [-0.2, -0.15) is 5.26 Å². The fraction of sp³-hybridized carbons (Fsp3) is 0.263. The first kappa shape index (κ1) is 18.6. The summed E-state index contributed by atoms with van der Waals surface area (Å²) in [6, 6.07) is 14.9. The molecule has 2 aromatic carbocycles. The highest BCUT2D eigenvalue weighted by Gasteiger charge is 2.08. The molecule has 130 valence electrons. The standard InChI is InChI=1S/C19H19ClN2O3/c1-24-17-7-4-15(9-11-22-19(23)8-10-21)18(12-17)25-13-14-2-5-16(20)6-3-14/h2-7,12H,8-9,11,13H2,1H3,(H,22,23). The predicted molar refractivity (Wildman–Crippen MR) is 95.7 cm³/mol. The van der Waals surface area contributed by atoms with E-state index in [4.69, 9.17) is 26.3 Å². The Balaban J connectivity index is 2.02. The van der Waals surface area contributed by atoms with Crippen molar-refractivity contribution in [3.05, 3.63) is 58.6 Å². The molecular weight excluding hydrogens is 340 g/mol. The van der Waals surface area contributed by atoms with Gasteiger partial charge in [0.2, 0.25) is 5.91 Å². The molecule has 25 heavy (non-hydrogen) atoms. The number of halogens is 1. The highest BCUT2D eigenvalue weighted by atomic mass is 35.5. The first-order valence-corrected chi connectivity index (χ1v) is 8.18. The number of carbonyl (C=O) groups excluding carboxylic acids is 1. The molecule has 0 fully saturated rings. The topological polar surface area (TPSA) is 71.3 Å². The summed E-state index contributed by atoms with van der Waals surface area (Å²) in [7, 11) is 1.60. The average Bonchev–Trinajstić information content (AvgIpc) is 2.62. The van der Waals surface area contributed by atoms with Crippen molar-refractivity contribution >= 4 is 17.5 Å². The molecule has 0 aromatic heterocycles. The molecule has 0 aliphatic heterocycles. The Morgan fingerprint density at radius 3 is 2.68 bits per heavy atom. The van der Waals surface area contributed by atoms with Crippen molar-refractivity contribution in [1.82, 2.24) is 5.32 Å². The Hall–Kier alpha value is -2.71. The molecule has 0 saturated carbocycles. The van der Waals surface area contributed by atoms with Gasteiger partial charge in [-0.3, -0.25) is 4.79 Å². The number of methoxy groups -OCH3 is 1. The normalized spacial score (nSPS) is 9.96. The SMILES string of the molecule is COc1ccc(CCNC(=O)CC#N)c(OCc2ccc(Cl)cc2)c1. The maximum absolute atomic E-state index is 11.4. The average molecular weight is 359 g/mol. The van der Waals surface area contributed by atoms with Gasteiger partial charge < -0.3 is 14.8 Å². The Labute approximate surface area is 152 Å². The van der Waals surface area contributed by atoms with Gasteiger partial charge in [-0.1, -0.05) is 29.8 Å². The summed E-state index contributed by atoms with van der Waals surface area (Å²) in [4.78, 5) is 11.4. The molecule has 0 aliphatic carbocycles. The van der Waals surface area contributed by atoms with Crippen LogP contribution in [-0.2, 0) is 17.8 Å². The van der Waals surface area contributed by atoms with Gasteiger partial charge in [0.05, 0.1) is 13.2 Å². The van der Waals surface area contributed by atoms with E-state index in [2.05, 4.69) is 5.32 Å². The number of benzene rings is 2. The molecule has 0 aliphatic rings. The van der Waals surface area contributed by atoms with E-state index in [0.717, 1.165) is 11.1 Å². The van der Waals surface area contributed by atoms with Gasteiger partial charge in [-0.15, -0.1) is 0 Å². The van der Waals surface area contributed by atoms with Crippen LogP contribution in [0.3, 0.4) is 0 Å². The van der Waals surface area contributed by atoms with Gasteiger partial charge in [0.15, 0.2) is 0 Å². The second kappa shape index (κ2) is 9.55. The van der Waals surface area contributed by atoms with Crippen molar-refractivity contribution in [3.8, 4) is 17.6 Å². The van der Waals surface area contributed by atoms with Crippen molar-refractivity contribution in [3.63, 3.8) is 0 Å². The van der Waals surface area contributed by atoms with Gasteiger partial charge in [0.25, 0.3) is 0 Å². The second-order valence-electron chi connectivity index (χ2n) is 5.32. The summed E-state index contributed by atoms with van der Waals surface area (Å²) in [5.74, 6) is 1.12. The zero-order valence-electron chi connectivity index (χ0n) is 13.9. The first-order valence-electron chi connectivity index (χ1n) is 7.80. The Morgan fingerprint density at radius 1 is 1.24 bits per heavy atom. The number of amides is 1. The van der Waals surface area contributed by atoms with Crippen molar-refractivity contribution in [2.45, 2.75) is 19.4 Å². The van der Waals surface area contributed by atoms with Crippen LogP contribution in [0.1, 0.15) is 17.5 Å². The lowest BCUT2D eigenvalue weighted by Gasteiger charge is -2.13. The number of nitriles is 1. The van der Waals surface area contributed by atoms with E-state index < -0.39 is 0 Å². The zero-order valence-corrected chi connectivity index (χ0v) is 14.7. The molecule has 2 rings (SSSR count).